The van der Waals surface area contributed by atoms with Crippen LogP contribution in [0.25, 0.3) is 10.6 Å². The Kier molecular flexibility index (Phi) is 6.35. The predicted molar refractivity (Wildman–Crippen MR) is 119 cm³/mol. The molecule has 4 rings (SSSR count). The van der Waals surface area contributed by atoms with Crippen LogP contribution in [0.2, 0.25) is 0 Å². The van der Waals surface area contributed by atoms with Gasteiger partial charge in [0.25, 0.3) is 10.0 Å². The Morgan fingerprint density at radius 3 is 2.76 bits per heavy atom. The Bertz CT molecular complexity index is 1070. The molecule has 2 aromatic heterocycles. The van der Waals surface area contributed by atoms with Gasteiger partial charge in [0.1, 0.15) is 15.3 Å². The summed E-state index contributed by atoms with van der Waals surface area (Å²) in [7, 11) is -3.63. The van der Waals surface area contributed by atoms with Gasteiger partial charge in [0.15, 0.2) is 0 Å². The number of sulfonamides is 1. The van der Waals surface area contributed by atoms with Crippen molar-refractivity contribution in [3.63, 3.8) is 0 Å². The largest absolute Gasteiger partial charge is 0.354 e. The normalized spacial score (nSPS) is 17.4. The van der Waals surface area contributed by atoms with Crippen LogP contribution in [0.15, 0.2) is 57.4 Å². The van der Waals surface area contributed by atoms with E-state index in [-0.39, 0.29) is 10.1 Å². The molecule has 3 aromatic rings. The molecule has 1 saturated heterocycles. The average molecular weight is 466 g/mol. The van der Waals surface area contributed by atoms with Gasteiger partial charge in [-0.3, -0.25) is 4.79 Å². The number of carbonyl (C=O) groups excluding carboxylic acids is 1. The molecular weight excluding hydrogens is 446 g/mol. The minimum atomic E-state index is -3.63. The topological polar surface area (TPSA) is 79.4 Å². The van der Waals surface area contributed by atoms with Crippen LogP contribution in [-0.4, -0.2) is 47.8 Å². The number of rotatable bonds is 7. The molecule has 1 aliphatic heterocycles. The molecule has 1 N–H and O–H groups in total. The summed E-state index contributed by atoms with van der Waals surface area (Å²) < 4.78 is 27.1. The van der Waals surface area contributed by atoms with Crippen molar-refractivity contribution in [1.29, 1.82) is 0 Å². The highest BCUT2D eigenvalue weighted by Gasteiger charge is 2.40. The van der Waals surface area contributed by atoms with Crippen molar-refractivity contribution in [3.8, 4) is 10.6 Å². The second kappa shape index (κ2) is 8.97. The highest BCUT2D eigenvalue weighted by molar-refractivity contribution is 8.01. The zero-order chi connectivity index (χ0) is 20.3. The van der Waals surface area contributed by atoms with E-state index in [0.717, 1.165) is 16.3 Å². The molecule has 152 valence electrons. The number of thiazole rings is 1. The van der Waals surface area contributed by atoms with Crippen LogP contribution in [0.4, 0.5) is 0 Å². The lowest BCUT2D eigenvalue weighted by Crippen LogP contribution is -2.47. The van der Waals surface area contributed by atoms with Crippen molar-refractivity contribution in [3.05, 3.63) is 58.9 Å². The van der Waals surface area contributed by atoms with Gasteiger partial charge in [0, 0.05) is 29.7 Å². The molecule has 0 spiro atoms. The van der Waals surface area contributed by atoms with Gasteiger partial charge in [-0.1, -0.05) is 36.4 Å². The zero-order valence-electron chi connectivity index (χ0n) is 15.4. The molecule has 1 amide bonds. The summed E-state index contributed by atoms with van der Waals surface area (Å²) in [5.41, 5.74) is 1.99. The van der Waals surface area contributed by atoms with Gasteiger partial charge in [-0.25, -0.2) is 13.4 Å². The second-order valence-electron chi connectivity index (χ2n) is 6.39. The van der Waals surface area contributed by atoms with Crippen LogP contribution in [0.5, 0.6) is 0 Å². The number of carbonyl (C=O) groups is 1. The third-order valence-electron chi connectivity index (χ3n) is 4.46. The summed E-state index contributed by atoms with van der Waals surface area (Å²) in [6, 6.07) is 12.6. The highest BCUT2D eigenvalue weighted by Crippen LogP contribution is 2.30. The van der Waals surface area contributed by atoms with Crippen LogP contribution in [0.3, 0.4) is 0 Å². The number of benzene rings is 1. The van der Waals surface area contributed by atoms with Crippen LogP contribution < -0.4 is 5.32 Å². The number of thiophene rings is 1. The van der Waals surface area contributed by atoms with Gasteiger partial charge < -0.3 is 5.32 Å². The maximum absolute atomic E-state index is 12.8. The lowest BCUT2D eigenvalue weighted by Gasteiger charge is -2.21. The van der Waals surface area contributed by atoms with E-state index in [9.17, 15) is 13.2 Å². The number of nitrogens with zero attached hydrogens (tertiary/aromatic N) is 2. The Labute approximate surface area is 182 Å². The Hall–Kier alpha value is -1.72. The van der Waals surface area contributed by atoms with E-state index in [0.29, 0.717) is 24.6 Å². The summed E-state index contributed by atoms with van der Waals surface area (Å²) in [6.45, 7) is 0.421. The van der Waals surface area contributed by atoms with Crippen molar-refractivity contribution >= 4 is 50.4 Å². The molecule has 0 bridgehead atoms. The van der Waals surface area contributed by atoms with Crippen LogP contribution in [0.1, 0.15) is 5.69 Å². The Balaban J connectivity index is 1.34. The second-order valence-corrected chi connectivity index (χ2v) is 11.3. The van der Waals surface area contributed by atoms with E-state index >= 15 is 0 Å². The minimum Gasteiger partial charge on any atom is -0.354 e. The highest BCUT2D eigenvalue weighted by atomic mass is 32.2. The average Bonchev–Trinajstić information content (AvgIpc) is 3.50. The quantitative estimate of drug-likeness (QED) is 0.579. The first-order chi connectivity index (χ1) is 14.1. The van der Waals surface area contributed by atoms with E-state index < -0.39 is 16.1 Å². The first-order valence-corrected chi connectivity index (χ1v) is 13.3. The molecule has 10 heteroatoms. The van der Waals surface area contributed by atoms with E-state index in [4.69, 9.17) is 0 Å². The smallest absolute Gasteiger partial charge is 0.254 e. The standard InChI is InChI=1S/C19H19N3O3S4/c23-18(16-12-26-13-22(16)29(24,25)17-7-4-10-27-17)20-9-8-15-11-28-19(21-15)14-5-2-1-3-6-14/h1-7,10-11,16H,8-9,12-13H2,(H,20,23)/t16-/m1/s1. The van der Waals surface area contributed by atoms with Crippen LogP contribution in [0, 0.1) is 0 Å². The first kappa shape index (κ1) is 20.5. The molecule has 0 unspecified atom stereocenters. The lowest BCUT2D eigenvalue weighted by atomic mass is 10.2. The number of hydrogen-bond acceptors (Lipinski definition) is 7. The molecule has 0 aliphatic carbocycles. The van der Waals surface area contributed by atoms with E-state index in [1.165, 1.54) is 27.4 Å². The molecular formula is C19H19N3O3S4. The molecule has 1 aromatic carbocycles. The predicted octanol–water partition coefficient (Wildman–Crippen LogP) is 3.29. The monoisotopic (exact) mass is 465 g/mol. The summed E-state index contributed by atoms with van der Waals surface area (Å²) in [6.07, 6.45) is 0.604. The van der Waals surface area contributed by atoms with Gasteiger partial charge in [-0.15, -0.1) is 34.4 Å². The van der Waals surface area contributed by atoms with Gasteiger partial charge in [0.05, 0.1) is 11.6 Å². The van der Waals surface area contributed by atoms with Crippen molar-refractivity contribution < 1.29 is 13.2 Å². The fraction of sp³-hybridized carbons (Fsp3) is 0.263. The van der Waals surface area contributed by atoms with Gasteiger partial charge in [-0.2, -0.15) is 4.31 Å². The number of nitrogens with one attached hydrogen (secondary N) is 1. The summed E-state index contributed by atoms with van der Waals surface area (Å²) in [5, 5.41) is 7.55. The van der Waals surface area contributed by atoms with Crippen LogP contribution >= 0.6 is 34.4 Å². The SMILES string of the molecule is O=C(NCCc1csc(-c2ccccc2)n1)[C@H]1CSCN1S(=O)(=O)c1cccs1. The van der Waals surface area contributed by atoms with E-state index in [2.05, 4.69) is 10.3 Å². The molecule has 1 atom stereocenters. The molecule has 29 heavy (non-hydrogen) atoms. The Morgan fingerprint density at radius 1 is 1.17 bits per heavy atom. The van der Waals surface area contributed by atoms with Crippen molar-refractivity contribution in [2.24, 2.45) is 0 Å². The van der Waals surface area contributed by atoms with Gasteiger partial charge in [0.2, 0.25) is 5.91 Å². The molecule has 1 aliphatic rings. The first-order valence-electron chi connectivity index (χ1n) is 8.96. The summed E-state index contributed by atoms with van der Waals surface area (Å²) >= 11 is 4.20. The van der Waals surface area contributed by atoms with Crippen molar-refractivity contribution in [2.45, 2.75) is 16.7 Å². The van der Waals surface area contributed by atoms with Crippen LogP contribution in [-0.2, 0) is 21.2 Å². The summed E-state index contributed by atoms with van der Waals surface area (Å²) in [4.78, 5) is 17.3. The van der Waals surface area contributed by atoms with Crippen molar-refractivity contribution in [2.75, 3.05) is 18.2 Å². The fourth-order valence-corrected chi connectivity index (χ4v) is 8.09. The number of amides is 1. The zero-order valence-corrected chi connectivity index (χ0v) is 18.6. The van der Waals surface area contributed by atoms with Gasteiger partial charge >= 0.3 is 0 Å². The fourth-order valence-electron chi connectivity index (χ4n) is 2.96. The number of hydrogen-bond donors (Lipinski definition) is 1. The molecule has 6 nitrogen and oxygen atoms in total. The Morgan fingerprint density at radius 2 is 2.00 bits per heavy atom. The van der Waals surface area contributed by atoms with E-state index in [1.54, 1.807) is 28.8 Å². The maximum atomic E-state index is 12.8. The van der Waals surface area contributed by atoms with E-state index in [1.807, 2.05) is 35.7 Å². The molecule has 1 fully saturated rings. The number of aromatic nitrogens is 1. The van der Waals surface area contributed by atoms with Crippen molar-refractivity contribution in [1.82, 2.24) is 14.6 Å². The molecule has 0 saturated carbocycles. The number of thioether (sulfide) groups is 1. The third-order valence-corrected chi connectivity index (χ3v) is 9.80. The van der Waals surface area contributed by atoms with Gasteiger partial charge in [-0.05, 0) is 11.4 Å². The molecule has 0 radical (unpaired) electrons. The third kappa shape index (κ3) is 4.56. The lowest BCUT2D eigenvalue weighted by molar-refractivity contribution is -0.123. The minimum absolute atomic E-state index is 0.256. The maximum Gasteiger partial charge on any atom is 0.254 e. The summed E-state index contributed by atoms with van der Waals surface area (Å²) in [5.74, 6) is 0.504. The molecule has 3 heterocycles.